The van der Waals surface area contributed by atoms with Crippen LogP contribution in [0.3, 0.4) is 0 Å². The Hall–Kier alpha value is -1.02. The Morgan fingerprint density at radius 1 is 1.19 bits per heavy atom. The molecule has 1 aromatic carbocycles. The van der Waals surface area contributed by atoms with E-state index in [1.54, 1.807) is 7.11 Å². The zero-order chi connectivity index (χ0) is 12.2. The van der Waals surface area contributed by atoms with E-state index in [4.69, 9.17) is 4.74 Å². The van der Waals surface area contributed by atoms with Crippen molar-refractivity contribution in [2.75, 3.05) is 19.0 Å². The van der Waals surface area contributed by atoms with E-state index >= 15 is 0 Å². The molecule has 90 valence electrons. The van der Waals surface area contributed by atoms with Gasteiger partial charge in [0, 0.05) is 19.3 Å². The Bertz CT molecular complexity index is 324. The second-order valence-corrected chi connectivity index (χ2v) is 4.91. The summed E-state index contributed by atoms with van der Waals surface area (Å²) in [5.41, 5.74) is 3.81. The summed E-state index contributed by atoms with van der Waals surface area (Å²) in [4.78, 5) is 0. The fourth-order valence-electron chi connectivity index (χ4n) is 1.68. The molecular formula is C14H23NO. The van der Waals surface area contributed by atoms with Gasteiger partial charge >= 0.3 is 0 Å². The summed E-state index contributed by atoms with van der Waals surface area (Å²) in [6.07, 6.45) is 0.997. The summed E-state index contributed by atoms with van der Waals surface area (Å²) < 4.78 is 5.40. The molecule has 0 radical (unpaired) electrons. The Balaban J connectivity index is 2.56. The number of aryl methyl sites for hydroxylation is 2. The van der Waals surface area contributed by atoms with Crippen molar-refractivity contribution in [2.45, 2.75) is 39.7 Å². The molecule has 1 aromatic rings. The minimum Gasteiger partial charge on any atom is -0.385 e. The summed E-state index contributed by atoms with van der Waals surface area (Å²) in [6.45, 7) is 9.43. The van der Waals surface area contributed by atoms with Crippen LogP contribution in [0.2, 0.25) is 0 Å². The van der Waals surface area contributed by atoms with E-state index in [1.807, 2.05) is 0 Å². The number of para-hydroxylation sites is 1. The number of rotatable bonds is 5. The maximum atomic E-state index is 5.40. The van der Waals surface area contributed by atoms with Crippen molar-refractivity contribution in [3.63, 3.8) is 0 Å². The first kappa shape index (κ1) is 13.0. The first-order chi connectivity index (χ1) is 7.46. The second-order valence-electron chi connectivity index (χ2n) is 4.91. The zero-order valence-electron chi connectivity index (χ0n) is 11.1. The smallest absolute Gasteiger partial charge is 0.0639 e. The summed E-state index contributed by atoms with van der Waals surface area (Å²) >= 11 is 0. The minimum atomic E-state index is -0.0520. The topological polar surface area (TPSA) is 21.3 Å². The highest BCUT2D eigenvalue weighted by atomic mass is 16.5. The SMILES string of the molecule is COC(C)(C)CCNc1c(C)cccc1C. The van der Waals surface area contributed by atoms with Crippen LogP contribution in [0.25, 0.3) is 0 Å². The predicted molar refractivity (Wildman–Crippen MR) is 70.1 cm³/mol. The number of ether oxygens (including phenoxy) is 1. The van der Waals surface area contributed by atoms with Crippen molar-refractivity contribution in [3.8, 4) is 0 Å². The van der Waals surface area contributed by atoms with Gasteiger partial charge in [-0.25, -0.2) is 0 Å². The highest BCUT2D eigenvalue weighted by molar-refractivity contribution is 5.56. The van der Waals surface area contributed by atoms with Gasteiger partial charge in [-0.15, -0.1) is 0 Å². The summed E-state index contributed by atoms with van der Waals surface area (Å²) in [5.74, 6) is 0. The summed E-state index contributed by atoms with van der Waals surface area (Å²) in [6, 6.07) is 6.36. The molecule has 0 aromatic heterocycles. The van der Waals surface area contributed by atoms with E-state index < -0.39 is 0 Å². The number of anilines is 1. The van der Waals surface area contributed by atoms with E-state index in [1.165, 1.54) is 16.8 Å². The lowest BCUT2D eigenvalue weighted by molar-refractivity contribution is 0.0185. The van der Waals surface area contributed by atoms with Crippen molar-refractivity contribution >= 4 is 5.69 Å². The number of hydrogen-bond donors (Lipinski definition) is 1. The number of nitrogens with one attached hydrogen (secondary N) is 1. The largest absolute Gasteiger partial charge is 0.385 e. The Labute approximate surface area is 99.0 Å². The number of benzene rings is 1. The van der Waals surface area contributed by atoms with Gasteiger partial charge < -0.3 is 10.1 Å². The van der Waals surface area contributed by atoms with E-state index in [0.717, 1.165) is 13.0 Å². The molecule has 0 spiro atoms. The van der Waals surface area contributed by atoms with Crippen LogP contribution in [0.5, 0.6) is 0 Å². The molecule has 0 aliphatic heterocycles. The first-order valence-corrected chi connectivity index (χ1v) is 5.81. The zero-order valence-corrected chi connectivity index (χ0v) is 11.1. The lowest BCUT2D eigenvalue weighted by Gasteiger charge is -2.23. The van der Waals surface area contributed by atoms with Gasteiger partial charge in [-0.05, 0) is 45.2 Å². The van der Waals surface area contributed by atoms with Crippen LogP contribution in [0.4, 0.5) is 5.69 Å². The van der Waals surface area contributed by atoms with Crippen molar-refractivity contribution in [1.82, 2.24) is 0 Å². The van der Waals surface area contributed by atoms with Gasteiger partial charge in [-0.1, -0.05) is 18.2 Å². The van der Waals surface area contributed by atoms with Crippen LogP contribution in [0.1, 0.15) is 31.4 Å². The molecule has 0 saturated carbocycles. The monoisotopic (exact) mass is 221 g/mol. The lowest BCUT2D eigenvalue weighted by Crippen LogP contribution is -2.26. The van der Waals surface area contributed by atoms with E-state index in [0.29, 0.717) is 0 Å². The third-order valence-corrected chi connectivity index (χ3v) is 3.06. The molecule has 0 saturated heterocycles. The Morgan fingerprint density at radius 2 is 1.75 bits per heavy atom. The predicted octanol–water partition coefficient (Wildman–Crippen LogP) is 3.53. The van der Waals surface area contributed by atoms with Crippen LogP contribution in [-0.4, -0.2) is 19.3 Å². The molecule has 0 aliphatic carbocycles. The van der Waals surface area contributed by atoms with Gasteiger partial charge in [0.2, 0.25) is 0 Å². The average molecular weight is 221 g/mol. The van der Waals surface area contributed by atoms with Gasteiger partial charge in [0.15, 0.2) is 0 Å². The quantitative estimate of drug-likeness (QED) is 0.821. The van der Waals surface area contributed by atoms with Crippen molar-refractivity contribution in [3.05, 3.63) is 29.3 Å². The molecule has 0 atom stereocenters. The van der Waals surface area contributed by atoms with E-state index in [-0.39, 0.29) is 5.60 Å². The second kappa shape index (κ2) is 5.35. The fourth-order valence-corrected chi connectivity index (χ4v) is 1.68. The van der Waals surface area contributed by atoms with Crippen molar-refractivity contribution in [1.29, 1.82) is 0 Å². The van der Waals surface area contributed by atoms with Crippen molar-refractivity contribution in [2.24, 2.45) is 0 Å². The molecule has 0 heterocycles. The highest BCUT2D eigenvalue weighted by Gasteiger charge is 2.15. The summed E-state index contributed by atoms with van der Waals surface area (Å²) in [5, 5.41) is 3.49. The van der Waals surface area contributed by atoms with Gasteiger partial charge in [-0.2, -0.15) is 0 Å². The molecule has 0 amide bonds. The molecule has 0 fully saturated rings. The Morgan fingerprint density at radius 3 is 2.25 bits per heavy atom. The maximum absolute atomic E-state index is 5.40. The van der Waals surface area contributed by atoms with Crippen LogP contribution >= 0.6 is 0 Å². The van der Waals surface area contributed by atoms with Gasteiger partial charge in [0.25, 0.3) is 0 Å². The molecule has 0 unspecified atom stereocenters. The van der Waals surface area contributed by atoms with E-state index in [2.05, 4.69) is 51.2 Å². The van der Waals surface area contributed by atoms with Gasteiger partial charge in [-0.3, -0.25) is 0 Å². The minimum absolute atomic E-state index is 0.0520. The third-order valence-electron chi connectivity index (χ3n) is 3.06. The number of methoxy groups -OCH3 is 1. The molecule has 1 rings (SSSR count). The molecular weight excluding hydrogens is 198 g/mol. The molecule has 0 aliphatic rings. The van der Waals surface area contributed by atoms with Crippen molar-refractivity contribution < 1.29 is 4.74 Å². The first-order valence-electron chi connectivity index (χ1n) is 5.81. The summed E-state index contributed by atoms with van der Waals surface area (Å²) in [7, 11) is 1.76. The molecule has 0 bridgehead atoms. The van der Waals surface area contributed by atoms with E-state index in [9.17, 15) is 0 Å². The van der Waals surface area contributed by atoms with Crippen LogP contribution in [0, 0.1) is 13.8 Å². The van der Waals surface area contributed by atoms with Gasteiger partial charge in [0.1, 0.15) is 0 Å². The van der Waals surface area contributed by atoms with Crippen LogP contribution < -0.4 is 5.32 Å². The average Bonchev–Trinajstić information content (AvgIpc) is 2.22. The Kier molecular flexibility index (Phi) is 4.36. The molecule has 2 heteroatoms. The number of hydrogen-bond acceptors (Lipinski definition) is 2. The normalized spacial score (nSPS) is 11.6. The maximum Gasteiger partial charge on any atom is 0.0639 e. The highest BCUT2D eigenvalue weighted by Crippen LogP contribution is 2.20. The third kappa shape index (κ3) is 3.53. The van der Waals surface area contributed by atoms with Crippen LogP contribution in [-0.2, 0) is 4.74 Å². The molecule has 1 N–H and O–H groups in total. The molecule has 16 heavy (non-hydrogen) atoms. The molecule has 2 nitrogen and oxygen atoms in total. The fraction of sp³-hybridized carbons (Fsp3) is 0.571. The van der Waals surface area contributed by atoms with Crippen LogP contribution in [0.15, 0.2) is 18.2 Å². The van der Waals surface area contributed by atoms with Gasteiger partial charge in [0.05, 0.1) is 5.60 Å². The lowest BCUT2D eigenvalue weighted by atomic mass is 10.0. The standard InChI is InChI=1S/C14H23NO/c1-11-7-6-8-12(2)13(11)15-10-9-14(3,4)16-5/h6-8,15H,9-10H2,1-5H3.